The van der Waals surface area contributed by atoms with Crippen LogP contribution in [0.25, 0.3) is 0 Å². The summed E-state index contributed by atoms with van der Waals surface area (Å²) in [7, 11) is 0. The van der Waals surface area contributed by atoms with Crippen LogP contribution in [0.3, 0.4) is 0 Å². The summed E-state index contributed by atoms with van der Waals surface area (Å²) in [6.07, 6.45) is 6.56. The SMILES string of the molecule is CC(=O)[O-].CC(=O)[O-].O=C(Nc1ccncc1)c1ccccc1.O=C(Nc1ccncc1)c1ccccc1.[Co+2].[OH3+].[OH3+]. The first kappa shape index (κ1) is 40.5. The summed E-state index contributed by atoms with van der Waals surface area (Å²) >= 11 is 0. The minimum absolute atomic E-state index is 0. The maximum Gasteiger partial charge on any atom is 2.00 e. The van der Waals surface area contributed by atoms with Crippen molar-refractivity contribution in [3.05, 3.63) is 121 Å². The van der Waals surface area contributed by atoms with Crippen molar-refractivity contribution in [2.24, 2.45) is 0 Å². The molecule has 12 nitrogen and oxygen atoms in total. The van der Waals surface area contributed by atoms with Gasteiger partial charge in [-0.2, -0.15) is 0 Å². The van der Waals surface area contributed by atoms with Gasteiger partial charge >= 0.3 is 16.8 Å². The van der Waals surface area contributed by atoms with Crippen molar-refractivity contribution in [2.45, 2.75) is 13.8 Å². The molecule has 1 radical (unpaired) electrons. The van der Waals surface area contributed by atoms with Gasteiger partial charge < -0.3 is 41.4 Å². The molecule has 0 aliphatic rings. The van der Waals surface area contributed by atoms with Gasteiger partial charge in [0.25, 0.3) is 11.8 Å². The van der Waals surface area contributed by atoms with E-state index in [-0.39, 0.29) is 39.5 Å². The number of aliphatic carboxylic acids is 2. The van der Waals surface area contributed by atoms with Crippen molar-refractivity contribution in [3.8, 4) is 0 Å². The van der Waals surface area contributed by atoms with Gasteiger partial charge in [0.05, 0.1) is 0 Å². The number of anilines is 2. The van der Waals surface area contributed by atoms with Crippen LogP contribution in [0.1, 0.15) is 34.6 Å². The Labute approximate surface area is 247 Å². The number of carbonyl (C=O) groups excluding carboxylic acids is 4. The van der Waals surface area contributed by atoms with E-state index >= 15 is 0 Å². The smallest absolute Gasteiger partial charge is 0.550 e. The molecule has 219 valence electrons. The van der Waals surface area contributed by atoms with Crippen LogP contribution < -0.4 is 20.8 Å². The largest absolute Gasteiger partial charge is 2.00 e. The van der Waals surface area contributed by atoms with Gasteiger partial charge in [0.2, 0.25) is 0 Å². The zero-order valence-electron chi connectivity index (χ0n) is 22.2. The summed E-state index contributed by atoms with van der Waals surface area (Å²) in [6.45, 7) is 1.94. The van der Waals surface area contributed by atoms with Gasteiger partial charge in [0.15, 0.2) is 0 Å². The van der Waals surface area contributed by atoms with Crippen LogP contribution in [-0.4, -0.2) is 33.7 Å². The average molecular weight is 612 g/mol. The number of carboxylic acids is 2. The first-order valence-electron chi connectivity index (χ1n) is 11.1. The van der Waals surface area contributed by atoms with Gasteiger partial charge in [-0.1, -0.05) is 36.4 Å². The number of amides is 2. The number of nitrogens with one attached hydrogen (secondary N) is 2. The molecular formula is C28H32CoN4O8+2. The van der Waals surface area contributed by atoms with E-state index in [1.807, 2.05) is 36.4 Å². The zero-order valence-corrected chi connectivity index (χ0v) is 23.3. The van der Waals surface area contributed by atoms with Crippen molar-refractivity contribution < 1.29 is 57.1 Å². The second kappa shape index (κ2) is 24.1. The molecule has 2 amide bonds. The summed E-state index contributed by atoms with van der Waals surface area (Å²) in [5.41, 5.74) is 2.79. The number of pyridine rings is 2. The Kier molecular flexibility index (Phi) is 23.8. The molecule has 0 atom stereocenters. The Balaban J connectivity index is -0.000000529. The summed E-state index contributed by atoms with van der Waals surface area (Å²) in [5.74, 6) is -2.39. The molecule has 0 saturated carbocycles. The zero-order chi connectivity index (χ0) is 28.2. The van der Waals surface area contributed by atoms with Crippen LogP contribution in [-0.2, 0) is 37.3 Å². The molecule has 0 unspecified atom stereocenters. The summed E-state index contributed by atoms with van der Waals surface area (Å²) in [6, 6.07) is 25.2. The Morgan fingerprint density at radius 2 is 0.780 bits per heavy atom. The van der Waals surface area contributed by atoms with Gasteiger partial charge in [-0.15, -0.1) is 0 Å². The molecule has 0 aliphatic heterocycles. The summed E-state index contributed by atoms with van der Waals surface area (Å²) in [5, 5.41) is 23.3. The fourth-order valence-electron chi connectivity index (χ4n) is 2.46. The van der Waals surface area contributed by atoms with Gasteiger partial charge in [-0.3, -0.25) is 19.6 Å². The third-order valence-corrected chi connectivity index (χ3v) is 3.95. The molecule has 0 bridgehead atoms. The minimum Gasteiger partial charge on any atom is -0.550 e. The third kappa shape index (κ3) is 20.7. The first-order chi connectivity index (χ1) is 18.2. The molecule has 2 aromatic heterocycles. The molecule has 0 spiro atoms. The van der Waals surface area contributed by atoms with E-state index in [4.69, 9.17) is 19.8 Å². The molecule has 2 aromatic carbocycles. The second-order valence-electron chi connectivity index (χ2n) is 7.10. The number of carbonyl (C=O) groups is 4. The summed E-state index contributed by atoms with van der Waals surface area (Å²) in [4.78, 5) is 48.9. The fraction of sp³-hybridized carbons (Fsp3) is 0.0714. The van der Waals surface area contributed by atoms with Crippen LogP contribution in [0.5, 0.6) is 0 Å². The number of hydrogen-bond acceptors (Lipinski definition) is 8. The third-order valence-electron chi connectivity index (χ3n) is 3.95. The van der Waals surface area contributed by atoms with Crippen molar-refractivity contribution in [2.75, 3.05) is 10.6 Å². The Hall–Kier alpha value is -4.95. The Bertz CT molecular complexity index is 1160. The number of nitrogens with zero attached hydrogens (tertiary/aromatic N) is 2. The van der Waals surface area contributed by atoms with Gasteiger partial charge in [0.1, 0.15) is 0 Å². The summed E-state index contributed by atoms with van der Waals surface area (Å²) < 4.78 is 0. The van der Waals surface area contributed by atoms with E-state index in [9.17, 15) is 9.59 Å². The van der Waals surface area contributed by atoms with Gasteiger partial charge in [-0.05, 0) is 62.4 Å². The van der Waals surface area contributed by atoms with Crippen molar-refractivity contribution in [1.29, 1.82) is 0 Å². The second-order valence-corrected chi connectivity index (χ2v) is 7.10. The maximum absolute atomic E-state index is 11.7. The van der Waals surface area contributed by atoms with Gasteiger partial charge in [0, 0.05) is 59.2 Å². The number of rotatable bonds is 4. The molecule has 0 saturated heterocycles. The number of carboxylic acid groups (broad SMARTS) is 2. The van der Waals surface area contributed by atoms with Crippen molar-refractivity contribution in [3.63, 3.8) is 0 Å². The molecular weight excluding hydrogens is 579 g/mol. The molecule has 8 N–H and O–H groups in total. The van der Waals surface area contributed by atoms with E-state index in [0.717, 1.165) is 25.2 Å². The molecule has 2 heterocycles. The standard InChI is InChI=1S/2C12H10N2O.2C2H4O2.Co.2H2O/c2*15-12(10-4-2-1-3-5-10)14-11-6-8-13-9-7-11;2*1-2(3)4;;;/h2*1-9H,(H,13,14,15);2*1H3,(H,3,4);;2*1H2/q;;;;+2;;. The number of aromatic nitrogens is 2. The van der Waals surface area contributed by atoms with Crippen LogP contribution in [0.4, 0.5) is 11.4 Å². The van der Waals surface area contributed by atoms with Crippen molar-refractivity contribution >= 4 is 35.1 Å². The monoisotopic (exact) mass is 611 g/mol. The molecule has 4 rings (SSSR count). The van der Waals surface area contributed by atoms with Crippen LogP contribution >= 0.6 is 0 Å². The quantitative estimate of drug-likeness (QED) is 0.305. The van der Waals surface area contributed by atoms with Crippen molar-refractivity contribution in [1.82, 2.24) is 9.97 Å². The normalized spacial score (nSPS) is 8.24. The predicted octanol–water partition coefficient (Wildman–Crippen LogP) is 0.334. The molecule has 0 fully saturated rings. The number of benzene rings is 2. The molecule has 41 heavy (non-hydrogen) atoms. The molecule has 13 heteroatoms. The number of hydrogen-bond donors (Lipinski definition) is 2. The van der Waals surface area contributed by atoms with E-state index in [2.05, 4.69) is 20.6 Å². The predicted molar refractivity (Wildman–Crippen MR) is 148 cm³/mol. The van der Waals surface area contributed by atoms with Crippen LogP contribution in [0.2, 0.25) is 0 Å². The van der Waals surface area contributed by atoms with Crippen LogP contribution in [0, 0.1) is 0 Å². The maximum atomic E-state index is 11.7. The molecule has 0 aliphatic carbocycles. The average Bonchev–Trinajstić information content (AvgIpc) is 2.91. The molecule has 4 aromatic rings. The fourth-order valence-corrected chi connectivity index (χ4v) is 2.46. The van der Waals surface area contributed by atoms with Gasteiger partial charge in [-0.25, -0.2) is 0 Å². The van der Waals surface area contributed by atoms with E-state index in [1.165, 1.54) is 0 Å². The Morgan fingerprint density at radius 3 is 1.02 bits per heavy atom. The first-order valence-corrected chi connectivity index (χ1v) is 11.1. The minimum atomic E-state index is -1.08. The Morgan fingerprint density at radius 1 is 0.537 bits per heavy atom. The van der Waals surface area contributed by atoms with E-state index in [1.54, 1.807) is 73.3 Å². The van der Waals surface area contributed by atoms with Crippen LogP contribution in [0.15, 0.2) is 110 Å². The van der Waals surface area contributed by atoms with E-state index < -0.39 is 11.9 Å². The van der Waals surface area contributed by atoms with E-state index in [0.29, 0.717) is 11.1 Å². The topological polar surface area (TPSA) is 230 Å².